The number of aromatic nitrogens is 2. The van der Waals surface area contributed by atoms with Gasteiger partial charge in [-0.15, -0.1) is 0 Å². The van der Waals surface area contributed by atoms with Gasteiger partial charge in [-0.3, -0.25) is 9.59 Å². The maximum absolute atomic E-state index is 13.0. The van der Waals surface area contributed by atoms with Gasteiger partial charge in [-0.05, 0) is 42.5 Å². The first kappa shape index (κ1) is 17.0. The van der Waals surface area contributed by atoms with Crippen molar-refractivity contribution in [3.63, 3.8) is 0 Å². The minimum atomic E-state index is -1.06. The van der Waals surface area contributed by atoms with Gasteiger partial charge in [0.15, 0.2) is 0 Å². The molecule has 1 heterocycles. The van der Waals surface area contributed by atoms with Crippen LogP contribution in [0.3, 0.4) is 0 Å². The molecule has 6 nitrogen and oxygen atoms in total. The Kier molecular flexibility index (Phi) is 5.02. The highest BCUT2D eigenvalue weighted by molar-refractivity contribution is 5.81. The van der Waals surface area contributed by atoms with Gasteiger partial charge < -0.3 is 10.4 Å². The Labute approximate surface area is 144 Å². The van der Waals surface area contributed by atoms with Crippen molar-refractivity contribution in [3.05, 3.63) is 59.4 Å². The van der Waals surface area contributed by atoms with Crippen LogP contribution in [0.15, 0.2) is 36.8 Å². The number of nitrogens with zero attached hydrogens (tertiary/aromatic N) is 2. The highest BCUT2D eigenvalue weighted by atomic mass is 19.1. The molecule has 0 saturated carbocycles. The summed E-state index contributed by atoms with van der Waals surface area (Å²) in [6, 6.07) is 5.28. The van der Waals surface area contributed by atoms with Crippen LogP contribution >= 0.6 is 0 Å². The quantitative estimate of drug-likeness (QED) is 0.862. The summed E-state index contributed by atoms with van der Waals surface area (Å²) in [4.78, 5) is 32.1. The minimum absolute atomic E-state index is 0.0333. The van der Waals surface area contributed by atoms with E-state index in [0.717, 1.165) is 11.3 Å². The third-order valence-corrected chi connectivity index (χ3v) is 4.50. The lowest BCUT2D eigenvalue weighted by Crippen LogP contribution is -2.38. The zero-order chi connectivity index (χ0) is 17.8. The van der Waals surface area contributed by atoms with Gasteiger partial charge in [0.25, 0.3) is 0 Å². The van der Waals surface area contributed by atoms with E-state index in [0.29, 0.717) is 24.8 Å². The fourth-order valence-corrected chi connectivity index (χ4v) is 3.07. The SMILES string of the molecule is O=C(NCC(C(=O)O)c1ccc(F)cc1)C1CCc2ncncc2C1. The summed E-state index contributed by atoms with van der Waals surface area (Å²) in [6.45, 7) is -0.0333. The molecule has 1 amide bonds. The van der Waals surface area contributed by atoms with E-state index in [1.807, 2.05) is 0 Å². The Morgan fingerprint density at radius 3 is 2.80 bits per heavy atom. The van der Waals surface area contributed by atoms with Crippen molar-refractivity contribution in [2.24, 2.45) is 5.92 Å². The van der Waals surface area contributed by atoms with Gasteiger partial charge in [0, 0.05) is 24.4 Å². The molecular weight excluding hydrogens is 325 g/mol. The molecule has 0 aliphatic heterocycles. The number of hydrogen-bond acceptors (Lipinski definition) is 4. The summed E-state index contributed by atoms with van der Waals surface area (Å²) < 4.78 is 13.0. The standard InChI is InChI=1S/C18H18FN3O3/c19-14-4-1-11(2-5-14)15(18(24)25)9-21-17(23)12-3-6-16-13(7-12)8-20-10-22-16/h1-2,4-5,8,10,12,15H,3,6-7,9H2,(H,21,23)(H,24,25). The highest BCUT2D eigenvalue weighted by Gasteiger charge is 2.27. The van der Waals surface area contributed by atoms with Crippen LogP contribution in [0.4, 0.5) is 4.39 Å². The number of halogens is 1. The number of aryl methyl sites for hydroxylation is 1. The van der Waals surface area contributed by atoms with E-state index in [2.05, 4.69) is 15.3 Å². The first-order valence-electron chi connectivity index (χ1n) is 8.08. The first-order chi connectivity index (χ1) is 12.0. The number of carboxylic acid groups (broad SMARTS) is 1. The Morgan fingerprint density at radius 2 is 2.08 bits per heavy atom. The van der Waals surface area contributed by atoms with Crippen LogP contribution in [-0.4, -0.2) is 33.5 Å². The second kappa shape index (κ2) is 7.38. The van der Waals surface area contributed by atoms with Gasteiger partial charge in [-0.1, -0.05) is 12.1 Å². The average Bonchev–Trinajstić information content (AvgIpc) is 2.62. The topological polar surface area (TPSA) is 92.2 Å². The summed E-state index contributed by atoms with van der Waals surface area (Å²) >= 11 is 0. The van der Waals surface area contributed by atoms with E-state index in [1.54, 1.807) is 6.20 Å². The van der Waals surface area contributed by atoms with Gasteiger partial charge in [-0.2, -0.15) is 0 Å². The number of aliphatic carboxylic acids is 1. The molecule has 25 heavy (non-hydrogen) atoms. The van der Waals surface area contributed by atoms with E-state index in [1.165, 1.54) is 30.6 Å². The molecule has 1 aliphatic rings. The number of nitrogens with one attached hydrogen (secondary N) is 1. The number of hydrogen-bond donors (Lipinski definition) is 2. The van der Waals surface area contributed by atoms with E-state index in [4.69, 9.17) is 0 Å². The second-order valence-corrected chi connectivity index (χ2v) is 6.12. The third-order valence-electron chi connectivity index (χ3n) is 4.50. The highest BCUT2D eigenvalue weighted by Crippen LogP contribution is 2.24. The zero-order valence-corrected chi connectivity index (χ0v) is 13.5. The van der Waals surface area contributed by atoms with Gasteiger partial charge in [0.2, 0.25) is 5.91 Å². The molecule has 1 aromatic heterocycles. The lowest BCUT2D eigenvalue weighted by molar-refractivity contribution is -0.138. The lowest BCUT2D eigenvalue weighted by atomic mass is 9.86. The fraction of sp³-hybridized carbons (Fsp3) is 0.333. The molecule has 0 fully saturated rings. The smallest absolute Gasteiger partial charge is 0.312 e. The van der Waals surface area contributed by atoms with Gasteiger partial charge in [0.1, 0.15) is 12.1 Å². The monoisotopic (exact) mass is 343 g/mol. The van der Waals surface area contributed by atoms with Crippen molar-refractivity contribution >= 4 is 11.9 Å². The number of rotatable bonds is 5. The molecule has 2 aromatic rings. The summed E-state index contributed by atoms with van der Waals surface area (Å²) in [7, 11) is 0. The molecule has 1 aromatic carbocycles. The van der Waals surface area contributed by atoms with E-state index < -0.39 is 17.7 Å². The lowest BCUT2D eigenvalue weighted by Gasteiger charge is -2.23. The van der Waals surface area contributed by atoms with Crippen molar-refractivity contribution < 1.29 is 19.1 Å². The van der Waals surface area contributed by atoms with E-state index in [-0.39, 0.29) is 18.4 Å². The number of carboxylic acids is 1. The predicted molar refractivity (Wildman–Crippen MR) is 87.3 cm³/mol. The molecule has 2 unspecified atom stereocenters. The Morgan fingerprint density at radius 1 is 1.32 bits per heavy atom. The fourth-order valence-electron chi connectivity index (χ4n) is 3.07. The minimum Gasteiger partial charge on any atom is -0.481 e. The number of benzene rings is 1. The molecule has 3 rings (SSSR count). The first-order valence-corrected chi connectivity index (χ1v) is 8.08. The molecule has 0 radical (unpaired) electrons. The summed E-state index contributed by atoms with van der Waals surface area (Å²) in [6.07, 6.45) is 5.15. The van der Waals surface area contributed by atoms with Crippen molar-refractivity contribution in [1.82, 2.24) is 15.3 Å². The number of fused-ring (bicyclic) bond motifs is 1. The van der Waals surface area contributed by atoms with Crippen LogP contribution in [0.2, 0.25) is 0 Å². The van der Waals surface area contributed by atoms with Crippen molar-refractivity contribution in [3.8, 4) is 0 Å². The second-order valence-electron chi connectivity index (χ2n) is 6.12. The molecule has 2 N–H and O–H groups in total. The van der Waals surface area contributed by atoms with E-state index in [9.17, 15) is 19.1 Å². The van der Waals surface area contributed by atoms with Crippen LogP contribution in [0.5, 0.6) is 0 Å². The van der Waals surface area contributed by atoms with Crippen LogP contribution in [0.25, 0.3) is 0 Å². The Hall–Kier alpha value is -2.83. The summed E-state index contributed by atoms with van der Waals surface area (Å²) in [5, 5.41) is 12.1. The van der Waals surface area contributed by atoms with Gasteiger partial charge in [-0.25, -0.2) is 14.4 Å². The van der Waals surface area contributed by atoms with Crippen LogP contribution in [0, 0.1) is 11.7 Å². The van der Waals surface area contributed by atoms with Crippen LogP contribution in [-0.2, 0) is 22.4 Å². The molecule has 2 atom stereocenters. The largest absolute Gasteiger partial charge is 0.481 e. The Bertz CT molecular complexity index is 779. The summed E-state index contributed by atoms with van der Waals surface area (Å²) in [5.41, 5.74) is 2.38. The average molecular weight is 343 g/mol. The molecular formula is C18H18FN3O3. The number of carbonyl (C=O) groups is 2. The maximum Gasteiger partial charge on any atom is 0.312 e. The van der Waals surface area contributed by atoms with Crippen LogP contribution < -0.4 is 5.32 Å². The predicted octanol–water partition coefficient (Wildman–Crippen LogP) is 1.71. The van der Waals surface area contributed by atoms with Gasteiger partial charge in [0.05, 0.1) is 5.92 Å². The maximum atomic E-state index is 13.0. The molecule has 0 saturated heterocycles. The van der Waals surface area contributed by atoms with Crippen molar-refractivity contribution in [2.45, 2.75) is 25.2 Å². The normalized spacial score (nSPS) is 17.4. The Balaban J connectivity index is 1.62. The van der Waals surface area contributed by atoms with Gasteiger partial charge >= 0.3 is 5.97 Å². The number of amides is 1. The molecule has 130 valence electrons. The molecule has 0 spiro atoms. The third kappa shape index (κ3) is 3.99. The molecule has 1 aliphatic carbocycles. The number of carbonyl (C=O) groups excluding carboxylic acids is 1. The molecule has 0 bridgehead atoms. The van der Waals surface area contributed by atoms with Crippen LogP contribution in [0.1, 0.15) is 29.2 Å². The van der Waals surface area contributed by atoms with Crippen molar-refractivity contribution in [1.29, 1.82) is 0 Å². The zero-order valence-electron chi connectivity index (χ0n) is 13.5. The molecule has 7 heteroatoms. The van der Waals surface area contributed by atoms with Crippen molar-refractivity contribution in [2.75, 3.05) is 6.54 Å². The summed E-state index contributed by atoms with van der Waals surface area (Å²) in [5.74, 6) is -2.80. The van der Waals surface area contributed by atoms with E-state index >= 15 is 0 Å².